The standard InChI is InChI=1S/C24H28Cl2N2O3/c1-17(24(30)27-20-10-3-2-4-11-20)28(15-18-8-5-6-13-22(18)26)23(29)16-31-21-12-7-9-19(25)14-21/h5-9,12-14,17,20H,2-4,10-11,15-16H2,1H3,(H,27,30). The molecule has 2 aromatic rings. The zero-order chi connectivity index (χ0) is 22.2. The minimum Gasteiger partial charge on any atom is -0.484 e. The molecule has 1 saturated carbocycles. The van der Waals surface area contributed by atoms with E-state index in [-0.39, 0.29) is 31.0 Å². The number of amides is 2. The van der Waals surface area contributed by atoms with Crippen molar-refractivity contribution in [3.05, 3.63) is 64.1 Å². The molecule has 1 N–H and O–H groups in total. The fourth-order valence-electron chi connectivity index (χ4n) is 3.75. The van der Waals surface area contributed by atoms with E-state index in [1.54, 1.807) is 37.3 Å². The van der Waals surface area contributed by atoms with E-state index in [2.05, 4.69) is 5.32 Å². The van der Waals surface area contributed by atoms with Gasteiger partial charge in [0.2, 0.25) is 5.91 Å². The molecule has 1 aliphatic rings. The Morgan fingerprint density at radius 1 is 1.10 bits per heavy atom. The number of carbonyl (C=O) groups excluding carboxylic acids is 2. The van der Waals surface area contributed by atoms with Crippen LogP contribution in [0.15, 0.2) is 48.5 Å². The number of carbonyl (C=O) groups is 2. The molecular formula is C24H28Cl2N2O3. The van der Waals surface area contributed by atoms with E-state index >= 15 is 0 Å². The number of rotatable bonds is 8. The summed E-state index contributed by atoms with van der Waals surface area (Å²) in [5.41, 5.74) is 0.776. The van der Waals surface area contributed by atoms with E-state index in [9.17, 15) is 9.59 Å². The maximum absolute atomic E-state index is 13.1. The van der Waals surface area contributed by atoms with Crippen LogP contribution in [0.2, 0.25) is 10.0 Å². The van der Waals surface area contributed by atoms with Crippen molar-refractivity contribution in [1.82, 2.24) is 10.2 Å². The van der Waals surface area contributed by atoms with E-state index in [4.69, 9.17) is 27.9 Å². The van der Waals surface area contributed by atoms with Crippen LogP contribution in [-0.4, -0.2) is 35.4 Å². The second-order valence-electron chi connectivity index (χ2n) is 7.88. The Labute approximate surface area is 193 Å². The number of hydrogen-bond donors (Lipinski definition) is 1. The lowest BCUT2D eigenvalue weighted by Crippen LogP contribution is -2.51. The minimum atomic E-state index is -0.659. The zero-order valence-electron chi connectivity index (χ0n) is 17.7. The van der Waals surface area contributed by atoms with Crippen molar-refractivity contribution in [3.63, 3.8) is 0 Å². The van der Waals surface area contributed by atoms with Gasteiger partial charge in [0.25, 0.3) is 5.91 Å². The number of halogens is 2. The first-order chi connectivity index (χ1) is 14.9. The Morgan fingerprint density at radius 3 is 2.55 bits per heavy atom. The van der Waals surface area contributed by atoms with Crippen molar-refractivity contribution in [2.45, 2.75) is 57.7 Å². The SMILES string of the molecule is CC(C(=O)NC1CCCCC1)N(Cc1ccccc1Cl)C(=O)COc1cccc(Cl)c1. The molecule has 7 heteroatoms. The molecule has 0 aliphatic heterocycles. The van der Waals surface area contributed by atoms with Crippen LogP contribution in [0.25, 0.3) is 0 Å². The first kappa shape index (κ1) is 23.4. The van der Waals surface area contributed by atoms with Crippen molar-refractivity contribution in [3.8, 4) is 5.75 Å². The summed E-state index contributed by atoms with van der Waals surface area (Å²) in [5.74, 6) is 0.0408. The minimum absolute atomic E-state index is 0.157. The molecule has 0 bridgehead atoms. The summed E-state index contributed by atoms with van der Waals surface area (Å²) in [6.07, 6.45) is 5.41. The molecule has 0 saturated heterocycles. The van der Waals surface area contributed by atoms with Gasteiger partial charge in [-0.1, -0.05) is 66.7 Å². The average molecular weight is 463 g/mol. The summed E-state index contributed by atoms with van der Waals surface area (Å²) < 4.78 is 5.64. The Balaban J connectivity index is 1.72. The summed E-state index contributed by atoms with van der Waals surface area (Å²) in [6.45, 7) is 1.76. The molecule has 0 aromatic heterocycles. The van der Waals surface area contributed by atoms with Gasteiger partial charge < -0.3 is 15.0 Å². The fraction of sp³-hybridized carbons (Fsp3) is 0.417. The Bertz CT molecular complexity index is 900. The average Bonchev–Trinajstić information content (AvgIpc) is 2.77. The van der Waals surface area contributed by atoms with Gasteiger partial charge in [-0.05, 0) is 49.6 Å². The first-order valence-corrected chi connectivity index (χ1v) is 11.4. The molecule has 1 aliphatic carbocycles. The number of nitrogens with one attached hydrogen (secondary N) is 1. The fourth-order valence-corrected chi connectivity index (χ4v) is 4.12. The molecule has 0 radical (unpaired) electrons. The van der Waals surface area contributed by atoms with Gasteiger partial charge >= 0.3 is 0 Å². The Kier molecular flexibility index (Phi) is 8.61. The number of benzene rings is 2. The Morgan fingerprint density at radius 2 is 1.84 bits per heavy atom. The third-order valence-electron chi connectivity index (χ3n) is 5.58. The lowest BCUT2D eigenvalue weighted by atomic mass is 9.95. The second-order valence-corrected chi connectivity index (χ2v) is 8.72. The third kappa shape index (κ3) is 6.88. The van der Waals surface area contributed by atoms with E-state index in [1.807, 2.05) is 18.2 Å². The maximum Gasteiger partial charge on any atom is 0.261 e. The van der Waals surface area contributed by atoms with Crippen LogP contribution < -0.4 is 10.1 Å². The monoisotopic (exact) mass is 462 g/mol. The molecule has 2 aromatic carbocycles. The highest BCUT2D eigenvalue weighted by Crippen LogP contribution is 2.21. The molecule has 5 nitrogen and oxygen atoms in total. The molecule has 0 spiro atoms. The first-order valence-electron chi connectivity index (χ1n) is 10.7. The van der Waals surface area contributed by atoms with Crippen LogP contribution >= 0.6 is 23.2 Å². The molecule has 31 heavy (non-hydrogen) atoms. The van der Waals surface area contributed by atoms with Crippen LogP contribution in [0.3, 0.4) is 0 Å². The number of nitrogens with zero attached hydrogens (tertiary/aromatic N) is 1. The predicted molar refractivity (Wildman–Crippen MR) is 123 cm³/mol. The molecule has 1 fully saturated rings. The number of ether oxygens (including phenoxy) is 1. The molecule has 1 atom stereocenters. The van der Waals surface area contributed by atoms with Gasteiger partial charge in [0.1, 0.15) is 11.8 Å². The summed E-state index contributed by atoms with van der Waals surface area (Å²) >= 11 is 12.3. The molecule has 0 heterocycles. The molecule has 1 unspecified atom stereocenters. The summed E-state index contributed by atoms with van der Waals surface area (Å²) in [5, 5.41) is 4.19. The molecule has 166 valence electrons. The van der Waals surface area contributed by atoms with Gasteiger partial charge in [0, 0.05) is 22.6 Å². The van der Waals surface area contributed by atoms with Crippen LogP contribution in [-0.2, 0) is 16.1 Å². The van der Waals surface area contributed by atoms with Crippen LogP contribution in [0.1, 0.15) is 44.6 Å². The Hall–Kier alpha value is -2.24. The van der Waals surface area contributed by atoms with E-state index in [1.165, 1.54) is 11.3 Å². The highest BCUT2D eigenvalue weighted by atomic mass is 35.5. The van der Waals surface area contributed by atoms with Gasteiger partial charge in [0.15, 0.2) is 6.61 Å². The third-order valence-corrected chi connectivity index (χ3v) is 6.18. The topological polar surface area (TPSA) is 58.6 Å². The van der Waals surface area contributed by atoms with Gasteiger partial charge in [0.05, 0.1) is 0 Å². The van der Waals surface area contributed by atoms with Crippen LogP contribution in [0.4, 0.5) is 0 Å². The predicted octanol–water partition coefficient (Wildman–Crippen LogP) is 5.24. The second kappa shape index (κ2) is 11.4. The van der Waals surface area contributed by atoms with Crippen molar-refractivity contribution < 1.29 is 14.3 Å². The quantitative estimate of drug-likeness (QED) is 0.583. The summed E-state index contributed by atoms with van der Waals surface area (Å²) in [6, 6.07) is 13.7. The van der Waals surface area contributed by atoms with Crippen molar-refractivity contribution in [2.75, 3.05) is 6.61 Å². The van der Waals surface area contributed by atoms with E-state index < -0.39 is 6.04 Å². The van der Waals surface area contributed by atoms with Gasteiger partial charge in [-0.2, -0.15) is 0 Å². The van der Waals surface area contributed by atoms with Gasteiger partial charge in [-0.25, -0.2) is 0 Å². The molecule has 2 amide bonds. The maximum atomic E-state index is 13.1. The largest absolute Gasteiger partial charge is 0.484 e. The smallest absolute Gasteiger partial charge is 0.261 e. The van der Waals surface area contributed by atoms with Gasteiger partial charge in [-0.3, -0.25) is 9.59 Å². The lowest BCUT2D eigenvalue weighted by molar-refractivity contribution is -0.142. The van der Waals surface area contributed by atoms with Crippen molar-refractivity contribution in [1.29, 1.82) is 0 Å². The lowest BCUT2D eigenvalue weighted by Gasteiger charge is -2.31. The van der Waals surface area contributed by atoms with E-state index in [0.717, 1.165) is 31.2 Å². The molecular weight excluding hydrogens is 435 g/mol. The highest BCUT2D eigenvalue weighted by molar-refractivity contribution is 6.31. The normalized spacial score (nSPS) is 15.2. The summed E-state index contributed by atoms with van der Waals surface area (Å²) in [4.78, 5) is 27.6. The van der Waals surface area contributed by atoms with Crippen molar-refractivity contribution >= 4 is 35.0 Å². The highest BCUT2D eigenvalue weighted by Gasteiger charge is 2.28. The van der Waals surface area contributed by atoms with Crippen LogP contribution in [0, 0.1) is 0 Å². The summed E-state index contributed by atoms with van der Waals surface area (Å²) in [7, 11) is 0. The van der Waals surface area contributed by atoms with Crippen molar-refractivity contribution in [2.24, 2.45) is 0 Å². The molecule has 3 rings (SSSR count). The number of hydrogen-bond acceptors (Lipinski definition) is 3. The zero-order valence-corrected chi connectivity index (χ0v) is 19.2. The van der Waals surface area contributed by atoms with E-state index in [0.29, 0.717) is 15.8 Å². The van der Waals surface area contributed by atoms with Crippen LogP contribution in [0.5, 0.6) is 5.75 Å². The van der Waals surface area contributed by atoms with Gasteiger partial charge in [-0.15, -0.1) is 0 Å².